The van der Waals surface area contributed by atoms with Gasteiger partial charge in [-0.15, -0.1) is 0 Å². The summed E-state index contributed by atoms with van der Waals surface area (Å²) in [6.45, 7) is 10.0. The minimum absolute atomic E-state index is 0.160. The predicted octanol–water partition coefficient (Wildman–Crippen LogP) is 4.19. The summed E-state index contributed by atoms with van der Waals surface area (Å²) in [5, 5.41) is 0. The predicted molar refractivity (Wildman–Crippen MR) is 116 cm³/mol. The fourth-order valence-corrected chi connectivity index (χ4v) is 4.29. The third kappa shape index (κ3) is 4.01. The molecule has 0 aliphatic carbocycles. The first-order chi connectivity index (χ1) is 13.6. The molecule has 0 saturated carbocycles. The Morgan fingerprint density at radius 2 is 1.32 bits per heavy atom. The fourth-order valence-electron chi connectivity index (χ4n) is 4.29. The number of carbonyl (C=O) groups excluding carboxylic acids is 1. The third-order valence-electron chi connectivity index (χ3n) is 6.31. The average Bonchev–Trinajstić information content (AvgIpc) is 2.74. The van der Waals surface area contributed by atoms with E-state index in [0.29, 0.717) is 0 Å². The van der Waals surface area contributed by atoms with Crippen LogP contribution in [0.4, 0.5) is 11.4 Å². The van der Waals surface area contributed by atoms with Crippen LogP contribution in [0.3, 0.4) is 0 Å². The normalized spacial score (nSPS) is 18.4. The van der Waals surface area contributed by atoms with Gasteiger partial charge >= 0.3 is 0 Å². The molecule has 28 heavy (non-hydrogen) atoms. The van der Waals surface area contributed by atoms with Crippen LogP contribution in [-0.2, 0) is 0 Å². The van der Waals surface area contributed by atoms with Crippen molar-refractivity contribution in [2.45, 2.75) is 26.7 Å². The van der Waals surface area contributed by atoms with Gasteiger partial charge in [0, 0.05) is 56.2 Å². The summed E-state index contributed by atoms with van der Waals surface area (Å²) in [6, 6.07) is 16.9. The first-order valence-corrected chi connectivity index (χ1v) is 10.6. The van der Waals surface area contributed by atoms with Crippen LogP contribution < -0.4 is 9.80 Å². The summed E-state index contributed by atoms with van der Waals surface area (Å²) in [5.74, 6) is 1.02. The quantitative estimate of drug-likeness (QED) is 0.802. The van der Waals surface area contributed by atoms with E-state index in [1.165, 1.54) is 37.3 Å². The molecule has 0 N–H and O–H groups in total. The molecule has 2 fully saturated rings. The number of amides is 1. The van der Waals surface area contributed by atoms with Crippen molar-refractivity contribution in [3.8, 4) is 0 Å². The van der Waals surface area contributed by atoms with Gasteiger partial charge in [-0.25, -0.2) is 0 Å². The second-order valence-corrected chi connectivity index (χ2v) is 8.28. The molecular weight excluding hydrogens is 346 g/mol. The van der Waals surface area contributed by atoms with Gasteiger partial charge in [-0.1, -0.05) is 25.1 Å². The van der Waals surface area contributed by atoms with Crippen LogP contribution in [0, 0.1) is 12.8 Å². The molecule has 1 amide bonds. The largest absolute Gasteiger partial charge is 0.372 e. The molecule has 2 aromatic carbocycles. The fraction of sp³-hybridized carbons (Fsp3) is 0.458. The molecule has 0 unspecified atom stereocenters. The van der Waals surface area contributed by atoms with Gasteiger partial charge in [-0.3, -0.25) is 4.79 Å². The van der Waals surface area contributed by atoms with Gasteiger partial charge in [0.1, 0.15) is 0 Å². The van der Waals surface area contributed by atoms with Gasteiger partial charge in [0.05, 0.1) is 0 Å². The summed E-state index contributed by atoms with van der Waals surface area (Å²) in [6.07, 6.45) is 2.58. The van der Waals surface area contributed by atoms with E-state index in [0.717, 1.165) is 43.2 Å². The minimum atomic E-state index is 0.160. The lowest BCUT2D eigenvalue weighted by atomic mass is 9.99. The van der Waals surface area contributed by atoms with Gasteiger partial charge in [0.2, 0.25) is 0 Å². The van der Waals surface area contributed by atoms with E-state index >= 15 is 0 Å². The first kappa shape index (κ1) is 18.9. The number of benzene rings is 2. The molecule has 2 saturated heterocycles. The smallest absolute Gasteiger partial charge is 0.254 e. The number of nitrogens with zero attached hydrogens (tertiary/aromatic N) is 3. The molecular formula is C24H31N3O. The standard InChI is InChI=1S/C24H31N3O/c1-19-11-13-25(14-12-19)21-7-9-22(10-8-21)26-15-17-27(18-16-26)24(28)23-6-4-3-5-20(23)2/h3-10,19H,11-18H2,1-2H3. The van der Waals surface area contributed by atoms with E-state index in [-0.39, 0.29) is 5.91 Å². The number of hydrogen-bond acceptors (Lipinski definition) is 3. The van der Waals surface area contributed by atoms with E-state index in [4.69, 9.17) is 0 Å². The highest BCUT2D eigenvalue weighted by molar-refractivity contribution is 5.95. The number of aryl methyl sites for hydroxylation is 1. The Kier molecular flexibility index (Phi) is 5.56. The van der Waals surface area contributed by atoms with Crippen LogP contribution in [0.25, 0.3) is 0 Å². The molecule has 0 spiro atoms. The summed E-state index contributed by atoms with van der Waals surface area (Å²) >= 11 is 0. The van der Waals surface area contributed by atoms with Crippen LogP contribution >= 0.6 is 0 Å². The topological polar surface area (TPSA) is 26.8 Å². The minimum Gasteiger partial charge on any atom is -0.372 e. The first-order valence-electron chi connectivity index (χ1n) is 10.6. The zero-order valence-electron chi connectivity index (χ0n) is 17.1. The Labute approximate surface area is 168 Å². The van der Waals surface area contributed by atoms with Crippen molar-refractivity contribution in [2.24, 2.45) is 5.92 Å². The van der Waals surface area contributed by atoms with Crippen LogP contribution in [0.5, 0.6) is 0 Å². The van der Waals surface area contributed by atoms with Crippen molar-refractivity contribution in [1.82, 2.24) is 4.90 Å². The average molecular weight is 378 g/mol. The molecule has 2 aliphatic rings. The monoisotopic (exact) mass is 377 g/mol. The molecule has 4 rings (SSSR count). The number of rotatable bonds is 3. The van der Waals surface area contributed by atoms with E-state index in [9.17, 15) is 4.79 Å². The molecule has 4 heteroatoms. The molecule has 0 radical (unpaired) electrons. The van der Waals surface area contributed by atoms with Crippen molar-refractivity contribution >= 4 is 17.3 Å². The highest BCUT2D eigenvalue weighted by Crippen LogP contribution is 2.26. The van der Waals surface area contributed by atoms with Crippen molar-refractivity contribution < 1.29 is 4.79 Å². The Balaban J connectivity index is 1.35. The summed E-state index contributed by atoms with van der Waals surface area (Å²) in [7, 11) is 0. The van der Waals surface area contributed by atoms with Gasteiger partial charge in [-0.05, 0) is 61.6 Å². The van der Waals surface area contributed by atoms with Crippen LogP contribution in [0.1, 0.15) is 35.7 Å². The van der Waals surface area contributed by atoms with Crippen LogP contribution in [0.15, 0.2) is 48.5 Å². The zero-order valence-corrected chi connectivity index (χ0v) is 17.1. The Morgan fingerprint density at radius 3 is 1.89 bits per heavy atom. The van der Waals surface area contributed by atoms with Crippen molar-refractivity contribution in [3.05, 3.63) is 59.7 Å². The Bertz CT molecular complexity index is 801. The lowest BCUT2D eigenvalue weighted by molar-refractivity contribution is 0.0746. The lowest BCUT2D eigenvalue weighted by Crippen LogP contribution is -2.49. The van der Waals surface area contributed by atoms with E-state index in [2.05, 4.69) is 41.0 Å². The number of piperidine rings is 1. The van der Waals surface area contributed by atoms with E-state index < -0.39 is 0 Å². The molecule has 0 bridgehead atoms. The number of carbonyl (C=O) groups is 1. The maximum absolute atomic E-state index is 12.8. The van der Waals surface area contributed by atoms with Crippen molar-refractivity contribution in [3.63, 3.8) is 0 Å². The van der Waals surface area contributed by atoms with Gasteiger partial charge in [-0.2, -0.15) is 0 Å². The second kappa shape index (κ2) is 8.26. The zero-order chi connectivity index (χ0) is 19.5. The van der Waals surface area contributed by atoms with Gasteiger partial charge in [0.25, 0.3) is 5.91 Å². The van der Waals surface area contributed by atoms with Crippen molar-refractivity contribution in [2.75, 3.05) is 49.1 Å². The Morgan fingerprint density at radius 1 is 0.786 bits per heavy atom. The summed E-state index contributed by atoms with van der Waals surface area (Å²) in [5.41, 5.74) is 4.48. The summed E-state index contributed by atoms with van der Waals surface area (Å²) < 4.78 is 0. The molecule has 148 valence electrons. The van der Waals surface area contributed by atoms with E-state index in [1.807, 2.05) is 36.1 Å². The molecule has 2 heterocycles. The highest BCUT2D eigenvalue weighted by Gasteiger charge is 2.23. The van der Waals surface area contributed by atoms with E-state index in [1.54, 1.807) is 0 Å². The third-order valence-corrected chi connectivity index (χ3v) is 6.31. The lowest BCUT2D eigenvalue weighted by Gasteiger charge is -2.37. The second-order valence-electron chi connectivity index (χ2n) is 8.28. The number of hydrogen-bond donors (Lipinski definition) is 0. The molecule has 4 nitrogen and oxygen atoms in total. The maximum Gasteiger partial charge on any atom is 0.254 e. The highest BCUT2D eigenvalue weighted by atomic mass is 16.2. The molecule has 0 aromatic heterocycles. The van der Waals surface area contributed by atoms with Crippen molar-refractivity contribution in [1.29, 1.82) is 0 Å². The maximum atomic E-state index is 12.8. The molecule has 0 atom stereocenters. The number of anilines is 2. The number of piperazine rings is 1. The van der Waals surface area contributed by atoms with Crippen LogP contribution in [-0.4, -0.2) is 50.1 Å². The van der Waals surface area contributed by atoms with Crippen LogP contribution in [0.2, 0.25) is 0 Å². The summed E-state index contributed by atoms with van der Waals surface area (Å²) in [4.78, 5) is 19.7. The molecule has 2 aliphatic heterocycles. The Hall–Kier alpha value is -2.49. The SMILES string of the molecule is Cc1ccccc1C(=O)N1CCN(c2ccc(N3CCC(C)CC3)cc2)CC1. The van der Waals surface area contributed by atoms with Gasteiger partial charge in [0.15, 0.2) is 0 Å². The molecule has 2 aromatic rings. The van der Waals surface area contributed by atoms with Gasteiger partial charge < -0.3 is 14.7 Å².